The number of rotatable bonds is 5. The van der Waals surface area contributed by atoms with Crippen molar-refractivity contribution in [2.75, 3.05) is 7.11 Å². The number of thiazole rings is 1. The summed E-state index contributed by atoms with van der Waals surface area (Å²) in [5.41, 5.74) is 6.05. The van der Waals surface area contributed by atoms with E-state index < -0.39 is 5.54 Å². The first-order valence-corrected chi connectivity index (χ1v) is 8.01. The summed E-state index contributed by atoms with van der Waals surface area (Å²) in [6.07, 6.45) is 0.542. The number of para-hydroxylation sites is 1. The van der Waals surface area contributed by atoms with Crippen molar-refractivity contribution >= 4 is 39.3 Å². The van der Waals surface area contributed by atoms with Crippen molar-refractivity contribution in [3.05, 3.63) is 24.3 Å². The zero-order valence-corrected chi connectivity index (χ0v) is 13.4. The number of hydrogen-bond donors (Lipinski definition) is 1. The predicted octanol–water partition coefficient (Wildman–Crippen LogP) is 3.06. The van der Waals surface area contributed by atoms with Crippen LogP contribution in [-0.2, 0) is 9.53 Å². The number of esters is 1. The highest BCUT2D eigenvalue weighted by Gasteiger charge is 2.31. The minimum atomic E-state index is -0.960. The Morgan fingerprint density at radius 1 is 1.55 bits per heavy atom. The highest BCUT2D eigenvalue weighted by molar-refractivity contribution is 8.01. The standard InChI is InChI=1S/C14H18N2O2S2/c1-9(8-14(2,15)12(17)18-3)19-13-16-10-6-4-5-7-11(10)20-13/h4-7,9H,8,15H2,1-3H3. The molecule has 0 fully saturated rings. The number of fused-ring (bicyclic) bond motifs is 1. The van der Waals surface area contributed by atoms with Crippen molar-refractivity contribution in [3.8, 4) is 0 Å². The molecule has 4 nitrogen and oxygen atoms in total. The zero-order valence-electron chi connectivity index (χ0n) is 11.8. The Hall–Kier alpha value is -1.11. The molecule has 0 saturated carbocycles. The summed E-state index contributed by atoms with van der Waals surface area (Å²) in [5.74, 6) is -0.380. The number of nitrogens with zero attached hydrogens (tertiary/aromatic N) is 1. The van der Waals surface area contributed by atoms with Crippen LogP contribution in [0, 0.1) is 0 Å². The monoisotopic (exact) mass is 310 g/mol. The fourth-order valence-corrected chi connectivity index (χ4v) is 4.61. The number of aromatic nitrogens is 1. The smallest absolute Gasteiger partial charge is 0.325 e. The molecule has 108 valence electrons. The second-order valence-corrected chi connectivity index (χ2v) is 7.71. The number of benzene rings is 1. The number of hydrogen-bond acceptors (Lipinski definition) is 6. The number of carbonyl (C=O) groups is 1. The largest absolute Gasteiger partial charge is 0.468 e. The third kappa shape index (κ3) is 3.50. The summed E-state index contributed by atoms with van der Waals surface area (Å²) in [6, 6.07) is 8.05. The van der Waals surface area contributed by atoms with E-state index in [-0.39, 0.29) is 11.2 Å². The van der Waals surface area contributed by atoms with Crippen LogP contribution in [0.2, 0.25) is 0 Å². The third-order valence-electron chi connectivity index (χ3n) is 2.94. The molecule has 0 radical (unpaired) electrons. The van der Waals surface area contributed by atoms with Gasteiger partial charge >= 0.3 is 5.97 Å². The predicted molar refractivity (Wildman–Crippen MR) is 84.2 cm³/mol. The molecule has 0 aliphatic heterocycles. The lowest BCUT2D eigenvalue weighted by molar-refractivity contribution is -0.146. The zero-order chi connectivity index (χ0) is 14.8. The number of nitrogens with two attached hydrogens (primary N) is 1. The van der Waals surface area contributed by atoms with Crippen molar-refractivity contribution in [3.63, 3.8) is 0 Å². The van der Waals surface area contributed by atoms with Crippen molar-refractivity contribution in [2.45, 2.75) is 35.4 Å². The van der Waals surface area contributed by atoms with Gasteiger partial charge in [-0.3, -0.25) is 4.79 Å². The summed E-state index contributed by atoms with van der Waals surface area (Å²) in [4.78, 5) is 16.2. The van der Waals surface area contributed by atoms with E-state index in [4.69, 9.17) is 10.5 Å². The van der Waals surface area contributed by atoms with Crippen molar-refractivity contribution < 1.29 is 9.53 Å². The Bertz CT molecular complexity index is 577. The molecule has 0 aliphatic rings. The van der Waals surface area contributed by atoms with Gasteiger partial charge in [0.25, 0.3) is 0 Å². The Kier molecular flexibility index (Phi) is 4.67. The normalized spacial score (nSPS) is 15.8. The first-order chi connectivity index (χ1) is 9.42. The lowest BCUT2D eigenvalue weighted by atomic mass is 9.98. The Labute approximate surface area is 126 Å². The SMILES string of the molecule is COC(=O)C(C)(N)CC(C)Sc1nc2ccccc2s1. The van der Waals surface area contributed by atoms with Gasteiger partial charge in [0.2, 0.25) is 0 Å². The van der Waals surface area contributed by atoms with Crippen LogP contribution < -0.4 is 5.73 Å². The molecule has 6 heteroatoms. The molecule has 1 aromatic carbocycles. The van der Waals surface area contributed by atoms with Crippen LogP contribution >= 0.6 is 23.1 Å². The second kappa shape index (κ2) is 6.11. The molecule has 1 heterocycles. The van der Waals surface area contributed by atoms with Crippen LogP contribution in [0.15, 0.2) is 28.6 Å². The summed E-state index contributed by atoms with van der Waals surface area (Å²) in [7, 11) is 1.36. The van der Waals surface area contributed by atoms with Crippen molar-refractivity contribution in [2.24, 2.45) is 5.73 Å². The molecular weight excluding hydrogens is 292 g/mol. The van der Waals surface area contributed by atoms with Crippen LogP contribution in [0.1, 0.15) is 20.3 Å². The van der Waals surface area contributed by atoms with Crippen LogP contribution in [0.25, 0.3) is 10.2 Å². The van der Waals surface area contributed by atoms with E-state index in [0.29, 0.717) is 6.42 Å². The van der Waals surface area contributed by atoms with Gasteiger partial charge in [0.05, 0.1) is 17.3 Å². The molecule has 0 amide bonds. The van der Waals surface area contributed by atoms with Gasteiger partial charge in [-0.05, 0) is 25.5 Å². The Morgan fingerprint density at radius 2 is 2.25 bits per heavy atom. The molecule has 1 aromatic heterocycles. The molecule has 2 unspecified atom stereocenters. The Balaban J connectivity index is 2.04. The third-order valence-corrected chi connectivity index (χ3v) is 5.17. The van der Waals surface area contributed by atoms with E-state index in [1.54, 1.807) is 30.0 Å². The number of ether oxygens (including phenoxy) is 1. The van der Waals surface area contributed by atoms with Crippen LogP contribution in [0.5, 0.6) is 0 Å². The fourth-order valence-electron chi connectivity index (χ4n) is 2.03. The molecule has 0 saturated heterocycles. The summed E-state index contributed by atoms with van der Waals surface area (Å²) >= 11 is 3.30. The molecule has 2 N–H and O–H groups in total. The molecule has 2 rings (SSSR count). The maximum atomic E-state index is 11.6. The lowest BCUT2D eigenvalue weighted by Gasteiger charge is -2.24. The topological polar surface area (TPSA) is 65.2 Å². The molecule has 20 heavy (non-hydrogen) atoms. The second-order valence-electron chi connectivity index (χ2n) is 4.99. The van der Waals surface area contributed by atoms with Crippen molar-refractivity contribution in [1.82, 2.24) is 4.98 Å². The average Bonchev–Trinajstić information content (AvgIpc) is 2.78. The minimum absolute atomic E-state index is 0.185. The van der Waals surface area contributed by atoms with E-state index in [2.05, 4.69) is 11.1 Å². The minimum Gasteiger partial charge on any atom is -0.468 e. The van der Waals surface area contributed by atoms with Gasteiger partial charge in [-0.25, -0.2) is 4.98 Å². The van der Waals surface area contributed by atoms with Crippen LogP contribution in [-0.4, -0.2) is 28.9 Å². The van der Waals surface area contributed by atoms with Gasteiger partial charge in [-0.2, -0.15) is 0 Å². The van der Waals surface area contributed by atoms with Gasteiger partial charge in [-0.1, -0.05) is 30.8 Å². The number of carbonyl (C=O) groups excluding carboxylic acids is 1. The van der Waals surface area contributed by atoms with Gasteiger partial charge in [-0.15, -0.1) is 11.3 Å². The molecule has 2 atom stereocenters. The number of thioether (sulfide) groups is 1. The summed E-state index contributed by atoms with van der Waals surface area (Å²) in [6.45, 7) is 3.75. The van der Waals surface area contributed by atoms with E-state index in [0.717, 1.165) is 9.86 Å². The van der Waals surface area contributed by atoms with Gasteiger partial charge < -0.3 is 10.5 Å². The quantitative estimate of drug-likeness (QED) is 0.679. The maximum absolute atomic E-state index is 11.6. The lowest BCUT2D eigenvalue weighted by Crippen LogP contribution is -2.47. The average molecular weight is 310 g/mol. The first kappa shape index (κ1) is 15.3. The highest BCUT2D eigenvalue weighted by atomic mass is 32.2. The van der Waals surface area contributed by atoms with Gasteiger partial charge in [0, 0.05) is 5.25 Å². The summed E-state index contributed by atoms with van der Waals surface area (Å²) in [5, 5.41) is 0.185. The molecule has 0 spiro atoms. The molecule has 2 aromatic rings. The number of methoxy groups -OCH3 is 1. The molecule has 0 aliphatic carbocycles. The van der Waals surface area contributed by atoms with Crippen molar-refractivity contribution in [1.29, 1.82) is 0 Å². The van der Waals surface area contributed by atoms with E-state index in [9.17, 15) is 4.79 Å². The van der Waals surface area contributed by atoms with E-state index >= 15 is 0 Å². The van der Waals surface area contributed by atoms with Gasteiger partial charge in [0.15, 0.2) is 4.34 Å². The molecular formula is C14H18N2O2S2. The maximum Gasteiger partial charge on any atom is 0.325 e. The fraction of sp³-hybridized carbons (Fsp3) is 0.429. The van der Waals surface area contributed by atoms with Crippen LogP contribution in [0.3, 0.4) is 0 Å². The Morgan fingerprint density at radius 3 is 2.90 bits per heavy atom. The van der Waals surface area contributed by atoms with E-state index in [1.807, 2.05) is 25.1 Å². The van der Waals surface area contributed by atoms with E-state index in [1.165, 1.54) is 11.8 Å². The first-order valence-electron chi connectivity index (χ1n) is 6.32. The molecule has 0 bridgehead atoms. The van der Waals surface area contributed by atoms with Gasteiger partial charge in [0.1, 0.15) is 5.54 Å². The highest BCUT2D eigenvalue weighted by Crippen LogP contribution is 2.34. The van der Waals surface area contributed by atoms with Crippen LogP contribution in [0.4, 0.5) is 0 Å². The summed E-state index contributed by atoms with van der Waals surface area (Å²) < 4.78 is 6.90.